The molecular formula is C18H16N2O. The third-order valence-electron chi connectivity index (χ3n) is 4.23. The van der Waals surface area contributed by atoms with E-state index in [0.29, 0.717) is 11.8 Å². The highest BCUT2D eigenvalue weighted by atomic mass is 16.1. The van der Waals surface area contributed by atoms with Gasteiger partial charge < -0.3 is 4.90 Å². The van der Waals surface area contributed by atoms with Crippen LogP contribution in [-0.2, 0) is 6.54 Å². The lowest BCUT2D eigenvalue weighted by Crippen LogP contribution is -2.31. The van der Waals surface area contributed by atoms with Crippen LogP contribution in [0.5, 0.6) is 0 Å². The fourth-order valence-electron chi connectivity index (χ4n) is 3.00. The Labute approximate surface area is 123 Å². The molecule has 3 heteroatoms. The molecule has 2 aliphatic rings. The van der Waals surface area contributed by atoms with Gasteiger partial charge in [-0.3, -0.25) is 4.79 Å². The molecule has 0 radical (unpaired) electrons. The third kappa shape index (κ3) is 1.74. The van der Waals surface area contributed by atoms with Crippen molar-refractivity contribution in [2.45, 2.75) is 26.3 Å². The number of rotatable bonds is 1. The second-order valence-electron chi connectivity index (χ2n) is 5.91. The van der Waals surface area contributed by atoms with E-state index >= 15 is 0 Å². The Hall–Kier alpha value is -2.42. The quantitative estimate of drug-likeness (QED) is 0.787. The Kier molecular flexibility index (Phi) is 2.52. The van der Waals surface area contributed by atoms with Crippen molar-refractivity contribution in [3.8, 4) is 0 Å². The average Bonchev–Trinajstić information content (AvgIpc) is 2.77. The first kappa shape index (κ1) is 12.3. The lowest BCUT2D eigenvalue weighted by molar-refractivity contribution is 0.106. The summed E-state index contributed by atoms with van der Waals surface area (Å²) in [6.45, 7) is 5.00. The van der Waals surface area contributed by atoms with Crippen molar-refractivity contribution in [1.29, 1.82) is 0 Å². The highest BCUT2D eigenvalue weighted by Crippen LogP contribution is 2.38. The maximum absolute atomic E-state index is 12.6. The highest BCUT2D eigenvalue weighted by Gasteiger charge is 2.36. The van der Waals surface area contributed by atoms with Gasteiger partial charge in [0.15, 0.2) is 5.84 Å². The van der Waals surface area contributed by atoms with Crippen molar-refractivity contribution in [1.82, 2.24) is 0 Å². The first-order chi connectivity index (χ1) is 10.1. The molecule has 4 rings (SSSR count). The molecule has 21 heavy (non-hydrogen) atoms. The molecule has 3 nitrogen and oxygen atoms in total. The number of aliphatic imine (C=N–C) groups is 1. The summed E-state index contributed by atoms with van der Waals surface area (Å²) in [5, 5.41) is 0. The van der Waals surface area contributed by atoms with Crippen molar-refractivity contribution in [2.75, 3.05) is 4.90 Å². The molecule has 0 aliphatic carbocycles. The first-order valence-electron chi connectivity index (χ1n) is 7.28. The van der Waals surface area contributed by atoms with Gasteiger partial charge in [-0.1, -0.05) is 38.1 Å². The second kappa shape index (κ2) is 4.29. The van der Waals surface area contributed by atoms with E-state index < -0.39 is 0 Å². The summed E-state index contributed by atoms with van der Waals surface area (Å²) in [5.41, 5.74) is 5.04. The largest absolute Gasteiger partial charge is 0.318 e. The zero-order chi connectivity index (χ0) is 14.6. The number of Topliss-reactive ketones (excluding diaryl/α,β-unsaturated/α-hetero) is 1. The minimum absolute atomic E-state index is 0.0435. The molecule has 2 aromatic carbocycles. The molecule has 2 heterocycles. The van der Waals surface area contributed by atoms with E-state index in [1.54, 1.807) is 0 Å². The predicted molar refractivity (Wildman–Crippen MR) is 84.6 cm³/mol. The van der Waals surface area contributed by atoms with E-state index in [9.17, 15) is 4.79 Å². The number of fused-ring (bicyclic) bond motifs is 4. The number of benzene rings is 2. The summed E-state index contributed by atoms with van der Waals surface area (Å²) >= 11 is 0. The van der Waals surface area contributed by atoms with Gasteiger partial charge in [0.05, 0.1) is 17.9 Å². The Balaban J connectivity index is 1.86. The molecular weight excluding hydrogens is 260 g/mol. The average molecular weight is 276 g/mol. The zero-order valence-corrected chi connectivity index (χ0v) is 12.1. The summed E-state index contributed by atoms with van der Waals surface area (Å²) in [6, 6.07) is 14.2. The van der Waals surface area contributed by atoms with Crippen molar-refractivity contribution in [2.24, 2.45) is 4.99 Å². The van der Waals surface area contributed by atoms with E-state index in [-0.39, 0.29) is 5.78 Å². The van der Waals surface area contributed by atoms with E-state index in [4.69, 9.17) is 0 Å². The molecule has 0 aromatic heterocycles. The Morgan fingerprint density at radius 1 is 1.14 bits per heavy atom. The van der Waals surface area contributed by atoms with Crippen LogP contribution in [0.25, 0.3) is 0 Å². The van der Waals surface area contributed by atoms with Crippen LogP contribution < -0.4 is 4.90 Å². The summed E-state index contributed by atoms with van der Waals surface area (Å²) in [6.07, 6.45) is 0. The Morgan fingerprint density at radius 2 is 1.95 bits per heavy atom. The monoisotopic (exact) mass is 276 g/mol. The van der Waals surface area contributed by atoms with Gasteiger partial charge in [-0.2, -0.15) is 0 Å². The summed E-state index contributed by atoms with van der Waals surface area (Å²) < 4.78 is 0. The number of amidine groups is 1. The molecule has 0 spiro atoms. The van der Waals surface area contributed by atoms with Gasteiger partial charge in [-0.15, -0.1) is 0 Å². The van der Waals surface area contributed by atoms with Gasteiger partial charge in [0.2, 0.25) is 5.78 Å². The lowest BCUT2D eigenvalue weighted by Gasteiger charge is -2.24. The van der Waals surface area contributed by atoms with Gasteiger partial charge in [-0.05, 0) is 35.2 Å². The number of carbonyl (C=O) groups is 1. The smallest absolute Gasteiger partial charge is 0.230 e. The number of carbonyl (C=O) groups excluding carboxylic acids is 1. The maximum atomic E-state index is 12.6. The Morgan fingerprint density at radius 3 is 2.76 bits per heavy atom. The van der Waals surface area contributed by atoms with Crippen molar-refractivity contribution in [3.05, 3.63) is 59.2 Å². The fourth-order valence-corrected chi connectivity index (χ4v) is 3.00. The number of anilines is 1. The normalized spacial score (nSPS) is 15.7. The van der Waals surface area contributed by atoms with Gasteiger partial charge in [-0.25, -0.2) is 4.99 Å². The summed E-state index contributed by atoms with van der Waals surface area (Å²) in [5.74, 6) is 1.02. The second-order valence-corrected chi connectivity index (χ2v) is 5.91. The molecule has 0 N–H and O–H groups in total. The van der Waals surface area contributed by atoms with Crippen LogP contribution in [-0.4, -0.2) is 11.6 Å². The lowest BCUT2D eigenvalue weighted by atomic mass is 9.99. The van der Waals surface area contributed by atoms with Crippen LogP contribution in [0.15, 0.2) is 47.5 Å². The van der Waals surface area contributed by atoms with Crippen LogP contribution in [0, 0.1) is 0 Å². The van der Waals surface area contributed by atoms with E-state index in [1.807, 2.05) is 29.2 Å². The SMILES string of the molecule is CC(C)c1ccc2c(c1)C(=O)C1=Nc3ccccc3CN12. The molecule has 0 saturated carbocycles. The number of nitrogens with zero attached hydrogens (tertiary/aromatic N) is 2. The summed E-state index contributed by atoms with van der Waals surface area (Å²) in [4.78, 5) is 19.2. The fraction of sp³-hybridized carbons (Fsp3) is 0.222. The maximum Gasteiger partial charge on any atom is 0.230 e. The van der Waals surface area contributed by atoms with E-state index in [2.05, 4.69) is 37.0 Å². The predicted octanol–water partition coefficient (Wildman–Crippen LogP) is 4.06. The van der Waals surface area contributed by atoms with Crippen LogP contribution in [0.3, 0.4) is 0 Å². The first-order valence-corrected chi connectivity index (χ1v) is 7.28. The third-order valence-corrected chi connectivity index (χ3v) is 4.23. The van der Waals surface area contributed by atoms with Crippen molar-refractivity contribution in [3.63, 3.8) is 0 Å². The zero-order valence-electron chi connectivity index (χ0n) is 12.1. The van der Waals surface area contributed by atoms with Crippen LogP contribution in [0.4, 0.5) is 11.4 Å². The standard InChI is InChI=1S/C18H16N2O/c1-11(2)12-7-8-16-14(9-12)17(21)18-19-15-6-4-3-5-13(15)10-20(16)18/h3-9,11H,10H2,1-2H3. The molecule has 104 valence electrons. The van der Waals surface area contributed by atoms with Crippen molar-refractivity contribution >= 4 is 23.0 Å². The minimum Gasteiger partial charge on any atom is -0.318 e. The molecule has 2 aromatic rings. The van der Waals surface area contributed by atoms with E-state index in [1.165, 1.54) is 5.56 Å². The van der Waals surface area contributed by atoms with Gasteiger partial charge >= 0.3 is 0 Å². The molecule has 0 unspecified atom stereocenters. The minimum atomic E-state index is 0.0435. The highest BCUT2D eigenvalue weighted by molar-refractivity contribution is 6.54. The van der Waals surface area contributed by atoms with Crippen LogP contribution >= 0.6 is 0 Å². The van der Waals surface area contributed by atoms with Gasteiger partial charge in [0, 0.05) is 5.56 Å². The van der Waals surface area contributed by atoms with Gasteiger partial charge in [0.25, 0.3) is 0 Å². The number of hydrogen-bond donors (Lipinski definition) is 0. The van der Waals surface area contributed by atoms with Crippen molar-refractivity contribution < 1.29 is 4.79 Å². The van der Waals surface area contributed by atoms with Crippen LogP contribution in [0.1, 0.15) is 41.3 Å². The number of ketones is 1. The molecule has 2 aliphatic heterocycles. The van der Waals surface area contributed by atoms with Crippen LogP contribution in [0.2, 0.25) is 0 Å². The number of para-hydroxylation sites is 1. The molecule has 0 amide bonds. The van der Waals surface area contributed by atoms with E-state index in [0.717, 1.165) is 29.0 Å². The molecule has 0 atom stereocenters. The molecule has 0 saturated heterocycles. The Bertz CT molecular complexity index is 790. The summed E-state index contributed by atoms with van der Waals surface area (Å²) in [7, 11) is 0. The topological polar surface area (TPSA) is 32.7 Å². The van der Waals surface area contributed by atoms with Gasteiger partial charge in [0.1, 0.15) is 0 Å². The molecule has 0 bridgehead atoms. The number of hydrogen-bond acceptors (Lipinski definition) is 3. The molecule has 0 fully saturated rings.